The van der Waals surface area contributed by atoms with Gasteiger partial charge in [-0.25, -0.2) is 4.39 Å². The molecule has 2 heteroatoms. The molecule has 1 aromatic carbocycles. The van der Waals surface area contributed by atoms with Crippen molar-refractivity contribution in [2.45, 2.75) is 33.6 Å². The number of hydrogen-bond acceptors (Lipinski definition) is 1. The minimum absolute atomic E-state index is 0.0793. The lowest BCUT2D eigenvalue weighted by Crippen LogP contribution is -1.86. The van der Waals surface area contributed by atoms with Crippen LogP contribution in [0.4, 0.5) is 4.39 Å². The van der Waals surface area contributed by atoms with Gasteiger partial charge in [-0.05, 0) is 18.1 Å². The van der Waals surface area contributed by atoms with Crippen LogP contribution in [0, 0.1) is 5.82 Å². The van der Waals surface area contributed by atoms with Crippen molar-refractivity contribution in [3.63, 3.8) is 0 Å². The van der Waals surface area contributed by atoms with Gasteiger partial charge >= 0.3 is 0 Å². The van der Waals surface area contributed by atoms with Gasteiger partial charge < -0.3 is 5.11 Å². The highest BCUT2D eigenvalue weighted by Crippen LogP contribution is 2.07. The monoisotopic (exact) mass is 200 g/mol. The van der Waals surface area contributed by atoms with E-state index in [0.29, 0.717) is 0 Å². The van der Waals surface area contributed by atoms with Gasteiger partial charge in [0.25, 0.3) is 0 Å². The molecular formula is C12H21FO. The molecule has 0 aromatic heterocycles. The van der Waals surface area contributed by atoms with Gasteiger partial charge in [0.2, 0.25) is 0 Å². The molecule has 0 aliphatic heterocycles. The topological polar surface area (TPSA) is 20.2 Å². The van der Waals surface area contributed by atoms with Gasteiger partial charge in [-0.2, -0.15) is 0 Å². The first kappa shape index (κ1) is 15.6. The summed E-state index contributed by atoms with van der Waals surface area (Å²) in [5.41, 5.74) is 0.824. The van der Waals surface area contributed by atoms with Gasteiger partial charge in [0.15, 0.2) is 0 Å². The summed E-state index contributed by atoms with van der Waals surface area (Å²) in [4.78, 5) is 0. The zero-order chi connectivity index (χ0) is 11.4. The Hall–Kier alpha value is -0.890. The van der Waals surface area contributed by atoms with Crippen LogP contribution in [0.3, 0.4) is 0 Å². The SMILES string of the molecule is CC.CCCc1ccccc1F.CO. The Balaban J connectivity index is 0. The van der Waals surface area contributed by atoms with Crippen molar-refractivity contribution < 1.29 is 9.50 Å². The maximum Gasteiger partial charge on any atom is 0.126 e. The van der Waals surface area contributed by atoms with Crippen molar-refractivity contribution in [1.29, 1.82) is 0 Å². The quantitative estimate of drug-likeness (QED) is 0.775. The summed E-state index contributed by atoms with van der Waals surface area (Å²) in [5.74, 6) is -0.0793. The molecule has 82 valence electrons. The lowest BCUT2D eigenvalue weighted by Gasteiger charge is -1.97. The zero-order valence-electron chi connectivity index (χ0n) is 9.55. The van der Waals surface area contributed by atoms with Crippen molar-refractivity contribution in [1.82, 2.24) is 0 Å². The van der Waals surface area contributed by atoms with E-state index < -0.39 is 0 Å². The lowest BCUT2D eigenvalue weighted by molar-refractivity contribution is 0.399. The summed E-state index contributed by atoms with van der Waals surface area (Å²) in [5, 5.41) is 7.00. The van der Waals surface area contributed by atoms with E-state index in [2.05, 4.69) is 0 Å². The fourth-order valence-corrected chi connectivity index (χ4v) is 0.970. The third kappa shape index (κ3) is 6.61. The molecule has 1 N–H and O–H groups in total. The maximum atomic E-state index is 12.8. The van der Waals surface area contributed by atoms with E-state index in [-0.39, 0.29) is 5.82 Å². The number of aryl methyl sites for hydroxylation is 1. The Bertz CT molecular complexity index is 211. The summed E-state index contributed by atoms with van der Waals surface area (Å²) in [6, 6.07) is 6.92. The molecule has 14 heavy (non-hydrogen) atoms. The molecule has 0 spiro atoms. The minimum Gasteiger partial charge on any atom is -0.400 e. The Morgan fingerprint density at radius 1 is 1.14 bits per heavy atom. The third-order valence-electron chi connectivity index (χ3n) is 1.48. The van der Waals surface area contributed by atoms with E-state index in [4.69, 9.17) is 5.11 Å². The summed E-state index contributed by atoms with van der Waals surface area (Å²) in [6.45, 7) is 6.05. The van der Waals surface area contributed by atoms with Crippen molar-refractivity contribution in [2.24, 2.45) is 0 Å². The van der Waals surface area contributed by atoms with E-state index >= 15 is 0 Å². The van der Waals surface area contributed by atoms with E-state index in [1.54, 1.807) is 6.07 Å². The molecule has 1 nitrogen and oxygen atoms in total. The minimum atomic E-state index is -0.0793. The van der Waals surface area contributed by atoms with Gasteiger partial charge in [-0.15, -0.1) is 0 Å². The van der Waals surface area contributed by atoms with Crippen LogP contribution in [0.1, 0.15) is 32.8 Å². The first-order valence-corrected chi connectivity index (χ1v) is 5.02. The normalized spacial score (nSPS) is 7.86. The number of hydrogen-bond donors (Lipinski definition) is 1. The Morgan fingerprint density at radius 3 is 2.07 bits per heavy atom. The van der Waals surface area contributed by atoms with Crippen LogP contribution in [0.2, 0.25) is 0 Å². The highest BCUT2D eigenvalue weighted by molar-refractivity contribution is 5.16. The number of benzene rings is 1. The Labute approximate surface area is 86.6 Å². The molecule has 0 amide bonds. The van der Waals surface area contributed by atoms with Gasteiger partial charge in [-0.3, -0.25) is 0 Å². The molecule has 0 unspecified atom stereocenters. The van der Waals surface area contributed by atoms with Crippen LogP contribution in [0.25, 0.3) is 0 Å². The first-order valence-electron chi connectivity index (χ1n) is 5.02. The molecule has 0 aliphatic rings. The van der Waals surface area contributed by atoms with Crippen LogP contribution in [-0.4, -0.2) is 12.2 Å². The van der Waals surface area contributed by atoms with Gasteiger partial charge in [0.1, 0.15) is 5.82 Å². The molecule has 0 saturated heterocycles. The number of aliphatic hydroxyl groups is 1. The zero-order valence-corrected chi connectivity index (χ0v) is 9.55. The molecule has 0 bridgehead atoms. The average Bonchev–Trinajstić information content (AvgIpc) is 2.28. The Kier molecular flexibility index (Phi) is 13.5. The average molecular weight is 200 g/mol. The smallest absolute Gasteiger partial charge is 0.126 e. The molecular weight excluding hydrogens is 179 g/mol. The first-order chi connectivity index (χ1) is 6.84. The van der Waals surface area contributed by atoms with E-state index in [0.717, 1.165) is 25.5 Å². The number of rotatable bonds is 2. The van der Waals surface area contributed by atoms with Crippen LogP contribution < -0.4 is 0 Å². The molecule has 1 aromatic rings. The second-order valence-corrected chi connectivity index (χ2v) is 2.34. The maximum absolute atomic E-state index is 12.8. The molecule has 0 radical (unpaired) electrons. The molecule has 0 heterocycles. The summed E-state index contributed by atoms with van der Waals surface area (Å²) < 4.78 is 12.8. The third-order valence-corrected chi connectivity index (χ3v) is 1.48. The predicted molar refractivity (Wildman–Crippen MR) is 59.9 cm³/mol. The number of aliphatic hydroxyl groups excluding tert-OH is 1. The van der Waals surface area contributed by atoms with Gasteiger partial charge in [0, 0.05) is 7.11 Å². The van der Waals surface area contributed by atoms with Crippen LogP contribution in [0.5, 0.6) is 0 Å². The summed E-state index contributed by atoms with van der Waals surface area (Å²) in [6.07, 6.45) is 1.84. The second-order valence-electron chi connectivity index (χ2n) is 2.34. The van der Waals surface area contributed by atoms with E-state index in [1.165, 1.54) is 6.07 Å². The van der Waals surface area contributed by atoms with Crippen LogP contribution in [0.15, 0.2) is 24.3 Å². The molecule has 0 aliphatic carbocycles. The molecule has 1 rings (SSSR count). The second kappa shape index (κ2) is 12.1. The summed E-state index contributed by atoms with van der Waals surface area (Å²) in [7, 11) is 1.00. The van der Waals surface area contributed by atoms with Crippen molar-refractivity contribution in [3.8, 4) is 0 Å². The van der Waals surface area contributed by atoms with Gasteiger partial charge in [0.05, 0.1) is 0 Å². The largest absolute Gasteiger partial charge is 0.400 e. The molecule has 0 atom stereocenters. The number of halogens is 1. The fourth-order valence-electron chi connectivity index (χ4n) is 0.970. The van der Waals surface area contributed by atoms with E-state index in [9.17, 15) is 4.39 Å². The van der Waals surface area contributed by atoms with Crippen LogP contribution in [-0.2, 0) is 6.42 Å². The highest BCUT2D eigenvalue weighted by Gasteiger charge is 1.96. The van der Waals surface area contributed by atoms with Crippen LogP contribution >= 0.6 is 0 Å². The summed E-state index contributed by atoms with van der Waals surface area (Å²) >= 11 is 0. The standard InChI is InChI=1S/C9H11F.C2H6.CH4O/c1-2-5-8-6-3-4-7-9(8)10;2*1-2/h3-4,6-7H,2,5H2,1H3;1-2H3;2H,1H3. The lowest BCUT2D eigenvalue weighted by atomic mass is 10.1. The van der Waals surface area contributed by atoms with E-state index in [1.807, 2.05) is 32.9 Å². The van der Waals surface area contributed by atoms with Crippen molar-refractivity contribution in [3.05, 3.63) is 35.6 Å². The Morgan fingerprint density at radius 2 is 1.64 bits per heavy atom. The van der Waals surface area contributed by atoms with Gasteiger partial charge in [-0.1, -0.05) is 45.4 Å². The van der Waals surface area contributed by atoms with Crippen molar-refractivity contribution >= 4 is 0 Å². The molecule has 0 saturated carbocycles. The van der Waals surface area contributed by atoms with Crippen molar-refractivity contribution in [2.75, 3.05) is 7.11 Å². The predicted octanol–water partition coefficient (Wildman–Crippen LogP) is 3.41. The fraction of sp³-hybridized carbons (Fsp3) is 0.500. The highest BCUT2D eigenvalue weighted by atomic mass is 19.1. The molecule has 0 fully saturated rings.